The zero-order valence-corrected chi connectivity index (χ0v) is 48.1. The van der Waals surface area contributed by atoms with Gasteiger partial charge in [-0.15, -0.1) is 0 Å². The van der Waals surface area contributed by atoms with Gasteiger partial charge in [0.1, 0.15) is 13.2 Å². The highest BCUT2D eigenvalue weighted by Crippen LogP contribution is 2.15. The first-order valence-corrected chi connectivity index (χ1v) is 30.5. The summed E-state index contributed by atoms with van der Waals surface area (Å²) in [6.07, 6.45) is 84.9. The summed E-state index contributed by atoms with van der Waals surface area (Å²) >= 11 is 0. The molecule has 0 saturated carbocycles. The Morgan fingerprint density at radius 3 is 0.824 bits per heavy atom. The van der Waals surface area contributed by atoms with Gasteiger partial charge in [0.05, 0.1) is 0 Å². The van der Waals surface area contributed by atoms with Crippen LogP contribution < -0.4 is 0 Å². The van der Waals surface area contributed by atoms with Gasteiger partial charge in [0, 0.05) is 19.3 Å². The molecule has 0 fully saturated rings. The number of esters is 3. The van der Waals surface area contributed by atoms with E-state index in [1.54, 1.807) is 0 Å². The smallest absolute Gasteiger partial charge is 0.306 e. The van der Waals surface area contributed by atoms with Crippen molar-refractivity contribution in [1.82, 2.24) is 0 Å². The summed E-state index contributed by atoms with van der Waals surface area (Å²) in [5.41, 5.74) is 0. The van der Waals surface area contributed by atoms with E-state index in [2.05, 4.69) is 142 Å². The Labute approximate surface area is 456 Å². The number of carbonyl (C=O) groups excluding carboxylic acids is 3. The largest absolute Gasteiger partial charge is 0.462 e. The summed E-state index contributed by atoms with van der Waals surface area (Å²) in [4.78, 5) is 38.1. The minimum atomic E-state index is -0.788. The number of carbonyl (C=O) groups is 3. The molecule has 0 aliphatic heterocycles. The fourth-order valence-electron chi connectivity index (χ4n) is 8.20. The minimum Gasteiger partial charge on any atom is -0.462 e. The van der Waals surface area contributed by atoms with Crippen LogP contribution in [0.3, 0.4) is 0 Å². The van der Waals surface area contributed by atoms with Crippen molar-refractivity contribution in [2.75, 3.05) is 13.2 Å². The summed E-state index contributed by atoms with van der Waals surface area (Å²) in [7, 11) is 0. The van der Waals surface area contributed by atoms with Crippen molar-refractivity contribution in [1.29, 1.82) is 0 Å². The Balaban J connectivity index is 4.27. The van der Waals surface area contributed by atoms with E-state index in [0.717, 1.165) is 135 Å². The van der Waals surface area contributed by atoms with Crippen LogP contribution in [0.2, 0.25) is 0 Å². The number of rotatable bonds is 54. The second kappa shape index (κ2) is 61.4. The van der Waals surface area contributed by atoms with E-state index in [1.807, 2.05) is 0 Å². The second-order valence-corrected chi connectivity index (χ2v) is 19.9. The molecule has 0 aromatic rings. The van der Waals surface area contributed by atoms with Crippen LogP contribution in [-0.2, 0) is 28.6 Å². The summed E-state index contributed by atoms with van der Waals surface area (Å²) in [5, 5.41) is 0. The molecule has 0 saturated heterocycles. The third kappa shape index (κ3) is 58.7. The Morgan fingerprint density at radius 2 is 0.527 bits per heavy atom. The molecule has 6 heteroatoms. The molecule has 0 radical (unpaired) electrons. The SMILES string of the molecule is CC/C=C\C/C=C\C/C=C\C/C=C\C/C=C\C/C=C\CCCCCCCCC(=O)OCC(COC(=O)CCCCCCCCCC)OC(=O)CCCCCCCCCCCC/C=C\C/C=C\C/C=C\C/C=C\CC. The zero-order chi connectivity index (χ0) is 53.6. The van der Waals surface area contributed by atoms with Gasteiger partial charge < -0.3 is 14.2 Å². The van der Waals surface area contributed by atoms with E-state index in [0.29, 0.717) is 19.3 Å². The number of hydrogen-bond donors (Lipinski definition) is 0. The maximum Gasteiger partial charge on any atom is 0.306 e. The van der Waals surface area contributed by atoms with Crippen LogP contribution >= 0.6 is 0 Å². The summed E-state index contributed by atoms with van der Waals surface area (Å²) in [6.45, 7) is 6.37. The summed E-state index contributed by atoms with van der Waals surface area (Å²) < 4.78 is 16.8. The molecule has 0 aliphatic carbocycles. The average molecular weight is 1030 g/mol. The quantitative estimate of drug-likeness (QED) is 0.0261. The van der Waals surface area contributed by atoms with E-state index >= 15 is 0 Å². The van der Waals surface area contributed by atoms with Gasteiger partial charge in [-0.25, -0.2) is 0 Å². The highest BCUT2D eigenvalue weighted by Gasteiger charge is 2.19. The van der Waals surface area contributed by atoms with Gasteiger partial charge in [0.15, 0.2) is 6.10 Å². The lowest BCUT2D eigenvalue weighted by Crippen LogP contribution is -2.30. The van der Waals surface area contributed by atoms with Crippen molar-refractivity contribution >= 4 is 17.9 Å². The number of unbranched alkanes of at least 4 members (excludes halogenated alkanes) is 23. The first-order chi connectivity index (χ1) is 36.5. The number of ether oxygens (including phenoxy) is 3. The Hall–Kier alpha value is -4.19. The number of allylic oxidation sites excluding steroid dienone is 20. The van der Waals surface area contributed by atoms with Gasteiger partial charge in [-0.2, -0.15) is 0 Å². The van der Waals surface area contributed by atoms with Crippen LogP contribution in [-0.4, -0.2) is 37.2 Å². The highest BCUT2D eigenvalue weighted by atomic mass is 16.6. The van der Waals surface area contributed by atoms with Crippen LogP contribution in [0.4, 0.5) is 0 Å². The Bertz CT molecular complexity index is 1550. The van der Waals surface area contributed by atoms with Crippen LogP contribution in [0.5, 0.6) is 0 Å². The van der Waals surface area contributed by atoms with Crippen molar-refractivity contribution < 1.29 is 28.6 Å². The predicted molar refractivity (Wildman–Crippen MR) is 320 cm³/mol. The maximum absolute atomic E-state index is 12.9. The summed E-state index contributed by atoms with van der Waals surface area (Å²) in [5.74, 6) is -0.908. The molecule has 0 aliphatic rings. The van der Waals surface area contributed by atoms with Crippen LogP contribution in [0, 0.1) is 0 Å². The summed E-state index contributed by atoms with van der Waals surface area (Å²) in [6, 6.07) is 0. The van der Waals surface area contributed by atoms with E-state index in [-0.39, 0.29) is 31.1 Å². The third-order valence-electron chi connectivity index (χ3n) is 12.7. The Morgan fingerprint density at radius 1 is 0.284 bits per heavy atom. The zero-order valence-electron chi connectivity index (χ0n) is 48.1. The molecular weight excluding hydrogens is 913 g/mol. The molecule has 0 spiro atoms. The number of hydrogen-bond acceptors (Lipinski definition) is 6. The normalized spacial score (nSPS) is 13.0. The Kier molecular flexibility index (Phi) is 57.9. The lowest BCUT2D eigenvalue weighted by Gasteiger charge is -2.18. The molecule has 1 atom stereocenters. The molecule has 0 heterocycles. The van der Waals surface area contributed by atoms with Gasteiger partial charge in [0.25, 0.3) is 0 Å². The van der Waals surface area contributed by atoms with Crippen LogP contribution in [0.15, 0.2) is 122 Å². The molecule has 74 heavy (non-hydrogen) atoms. The molecule has 0 aromatic carbocycles. The first kappa shape index (κ1) is 69.8. The lowest BCUT2D eigenvalue weighted by molar-refractivity contribution is -0.167. The molecule has 0 aromatic heterocycles. The molecule has 0 N–H and O–H groups in total. The monoisotopic (exact) mass is 1020 g/mol. The fraction of sp³-hybridized carbons (Fsp3) is 0.662. The van der Waals surface area contributed by atoms with Crippen molar-refractivity contribution in [3.05, 3.63) is 122 Å². The molecular formula is C68H112O6. The van der Waals surface area contributed by atoms with E-state index in [1.165, 1.54) is 96.3 Å². The molecule has 0 amide bonds. The molecule has 1 unspecified atom stereocenters. The van der Waals surface area contributed by atoms with Gasteiger partial charge in [-0.05, 0) is 109 Å². The van der Waals surface area contributed by atoms with Gasteiger partial charge in [-0.1, -0.05) is 264 Å². The third-order valence-corrected chi connectivity index (χ3v) is 12.7. The van der Waals surface area contributed by atoms with Crippen molar-refractivity contribution in [3.8, 4) is 0 Å². The van der Waals surface area contributed by atoms with Crippen molar-refractivity contribution in [3.63, 3.8) is 0 Å². The molecule has 0 bridgehead atoms. The van der Waals surface area contributed by atoms with Crippen LogP contribution in [0.25, 0.3) is 0 Å². The van der Waals surface area contributed by atoms with Crippen molar-refractivity contribution in [2.24, 2.45) is 0 Å². The first-order valence-electron chi connectivity index (χ1n) is 30.5. The van der Waals surface area contributed by atoms with E-state index in [4.69, 9.17) is 14.2 Å². The van der Waals surface area contributed by atoms with E-state index in [9.17, 15) is 14.4 Å². The molecule has 420 valence electrons. The predicted octanol–water partition coefficient (Wildman–Crippen LogP) is 20.8. The van der Waals surface area contributed by atoms with Crippen LogP contribution in [0.1, 0.15) is 271 Å². The van der Waals surface area contributed by atoms with E-state index < -0.39 is 6.10 Å². The molecule has 0 rings (SSSR count). The lowest BCUT2D eigenvalue weighted by atomic mass is 10.0. The molecule has 6 nitrogen and oxygen atoms in total. The standard InChI is InChI=1S/C68H112O6/c1-4-7-10-13-16-19-21-23-25-27-29-31-33-34-36-37-39-41-43-45-47-49-52-55-58-61-67(70)73-64-65(63-72-66(69)60-57-54-51-18-15-12-9-6-3)74-68(71)62-59-56-53-50-48-46-44-42-40-38-35-32-30-28-26-24-22-20-17-14-11-8-5-2/h7-8,10-11,16-17,19-20,23-26,29-32,34,36,39,41,65H,4-6,9,12-15,18,21-22,27-28,33,35,37-38,40,42-64H2,1-3H3/b10-7-,11-8-,19-16-,20-17-,25-23-,26-24-,31-29-,32-30-,36-34-,41-39-. The maximum atomic E-state index is 12.9. The minimum absolute atomic E-state index is 0.0854. The van der Waals surface area contributed by atoms with Gasteiger partial charge in [-0.3, -0.25) is 14.4 Å². The van der Waals surface area contributed by atoms with Gasteiger partial charge >= 0.3 is 17.9 Å². The highest BCUT2D eigenvalue weighted by molar-refractivity contribution is 5.71. The van der Waals surface area contributed by atoms with Gasteiger partial charge in [0.2, 0.25) is 0 Å². The average Bonchev–Trinajstić information content (AvgIpc) is 3.40. The fourth-order valence-corrected chi connectivity index (χ4v) is 8.20. The topological polar surface area (TPSA) is 78.9 Å². The van der Waals surface area contributed by atoms with Crippen molar-refractivity contribution in [2.45, 2.75) is 277 Å². The second-order valence-electron chi connectivity index (χ2n) is 19.9.